The van der Waals surface area contributed by atoms with Gasteiger partial charge in [0.1, 0.15) is 6.61 Å². The second kappa shape index (κ2) is 7.59. The van der Waals surface area contributed by atoms with Gasteiger partial charge in [0.2, 0.25) is 5.72 Å². The summed E-state index contributed by atoms with van der Waals surface area (Å²) >= 11 is 0. The zero-order chi connectivity index (χ0) is 17.6. The summed E-state index contributed by atoms with van der Waals surface area (Å²) in [7, 11) is 0. The van der Waals surface area contributed by atoms with Gasteiger partial charge in [-0.3, -0.25) is 15.5 Å². The average Bonchev–Trinajstić information content (AvgIpc) is 3.03. The first kappa shape index (κ1) is 18.2. The Labute approximate surface area is 142 Å². The Morgan fingerprint density at radius 2 is 2.12 bits per heavy atom. The highest BCUT2D eigenvalue weighted by molar-refractivity contribution is 5.75. The molecule has 0 aromatic heterocycles. The molecule has 0 saturated heterocycles. The first-order valence-electron chi connectivity index (χ1n) is 7.97. The van der Waals surface area contributed by atoms with Crippen molar-refractivity contribution >= 4 is 12.5 Å². The van der Waals surface area contributed by atoms with Gasteiger partial charge in [-0.25, -0.2) is 0 Å². The van der Waals surface area contributed by atoms with Gasteiger partial charge >= 0.3 is 0 Å². The number of carbonyl (C=O) groups excluding carboxylic acids is 1. The Hall–Kier alpha value is -2.18. The second-order valence-corrected chi connectivity index (χ2v) is 6.11. The van der Waals surface area contributed by atoms with E-state index in [1.807, 2.05) is 19.1 Å². The third kappa shape index (κ3) is 4.66. The molecule has 0 aliphatic carbocycles. The third-order valence-electron chi connectivity index (χ3n) is 3.87. The molecule has 1 heterocycles. The molecule has 3 N–H and O–H groups in total. The summed E-state index contributed by atoms with van der Waals surface area (Å²) in [5.41, 5.74) is 3.91. The minimum Gasteiger partial charge on any atom is -0.487 e. The molecule has 0 bridgehead atoms. The van der Waals surface area contributed by atoms with Crippen LogP contribution in [-0.2, 0) is 4.79 Å². The monoisotopic (exact) mass is 332 g/mol. The molecule has 1 aromatic carbocycles. The predicted molar refractivity (Wildman–Crippen MR) is 92.5 cm³/mol. The van der Waals surface area contributed by atoms with Gasteiger partial charge in [-0.15, -0.1) is 0 Å². The Balaban J connectivity index is 1.98. The predicted octanol–water partition coefficient (Wildman–Crippen LogP) is 1.86. The van der Waals surface area contributed by atoms with Crippen molar-refractivity contribution in [3.8, 4) is 11.5 Å². The summed E-state index contributed by atoms with van der Waals surface area (Å²) in [4.78, 5) is 15.3. The first-order chi connectivity index (χ1) is 11.4. The van der Waals surface area contributed by atoms with Crippen molar-refractivity contribution in [1.82, 2.24) is 0 Å². The number of nitrogens with two attached hydrogens (primary N) is 1. The number of allylic oxidation sites excluding steroid dienone is 1. The first-order valence-corrected chi connectivity index (χ1v) is 7.97. The van der Waals surface area contributed by atoms with E-state index in [9.17, 15) is 9.90 Å². The summed E-state index contributed by atoms with van der Waals surface area (Å²) in [6.07, 6.45) is 6.76. The topological polar surface area (TPSA) is 94.1 Å². The van der Waals surface area contributed by atoms with Crippen LogP contribution in [0.5, 0.6) is 11.5 Å². The van der Waals surface area contributed by atoms with E-state index >= 15 is 0 Å². The fourth-order valence-corrected chi connectivity index (χ4v) is 2.50. The summed E-state index contributed by atoms with van der Waals surface area (Å²) in [6, 6.07) is 6.89. The molecule has 1 aromatic rings. The van der Waals surface area contributed by atoms with Crippen LogP contribution < -0.4 is 15.2 Å². The van der Waals surface area contributed by atoms with Crippen LogP contribution in [0.4, 0.5) is 0 Å². The lowest BCUT2D eigenvalue weighted by Crippen LogP contribution is -2.44. The smallest absolute Gasteiger partial charge is 0.212 e. The molecule has 0 amide bonds. The number of benzene rings is 1. The molecule has 24 heavy (non-hydrogen) atoms. The largest absolute Gasteiger partial charge is 0.487 e. The molecular formula is C18H24N2O4. The summed E-state index contributed by atoms with van der Waals surface area (Å²) in [6.45, 7) is 3.58. The fourth-order valence-electron chi connectivity index (χ4n) is 2.50. The van der Waals surface area contributed by atoms with Gasteiger partial charge in [-0.1, -0.05) is 25.1 Å². The molecule has 1 aliphatic heterocycles. The van der Waals surface area contributed by atoms with Crippen molar-refractivity contribution < 1.29 is 19.4 Å². The molecule has 0 radical (unpaired) electrons. The number of aliphatic hydroxyl groups excluding tert-OH is 1. The number of nitrogens with zero attached hydrogens (tertiary/aromatic N) is 1. The highest BCUT2D eigenvalue weighted by Crippen LogP contribution is 2.30. The fraction of sp³-hybridized carbons (Fsp3) is 0.444. The molecular weight excluding hydrogens is 308 g/mol. The molecule has 3 atom stereocenters. The lowest BCUT2D eigenvalue weighted by atomic mass is 9.91. The van der Waals surface area contributed by atoms with Crippen molar-refractivity contribution in [2.45, 2.75) is 44.1 Å². The molecule has 130 valence electrons. The number of ether oxygens (including phenoxy) is 2. The number of aliphatic hydroxyl groups is 1. The number of para-hydroxylation sites is 2. The van der Waals surface area contributed by atoms with E-state index in [0.29, 0.717) is 24.2 Å². The van der Waals surface area contributed by atoms with Gasteiger partial charge in [0.05, 0.1) is 11.6 Å². The van der Waals surface area contributed by atoms with E-state index in [1.54, 1.807) is 30.5 Å². The molecule has 2 rings (SSSR count). The second-order valence-electron chi connectivity index (χ2n) is 6.11. The average molecular weight is 332 g/mol. The van der Waals surface area contributed by atoms with Crippen LogP contribution in [0.2, 0.25) is 0 Å². The van der Waals surface area contributed by atoms with E-state index in [0.717, 1.165) is 6.42 Å². The molecule has 0 saturated carbocycles. The SMILES string of the molecule is CCC1(CC(O)COc2ccccc2OC(C)(N)C=O)C=CC=N1. The number of aldehydes is 1. The molecule has 3 unspecified atom stereocenters. The van der Waals surface area contributed by atoms with E-state index in [-0.39, 0.29) is 12.1 Å². The van der Waals surface area contributed by atoms with Crippen LogP contribution in [-0.4, -0.2) is 41.6 Å². The van der Waals surface area contributed by atoms with Crippen molar-refractivity contribution in [2.75, 3.05) is 6.61 Å². The van der Waals surface area contributed by atoms with Crippen LogP contribution in [0.3, 0.4) is 0 Å². The van der Waals surface area contributed by atoms with E-state index in [4.69, 9.17) is 15.2 Å². The summed E-state index contributed by atoms with van der Waals surface area (Å²) in [5, 5.41) is 10.3. The van der Waals surface area contributed by atoms with Crippen LogP contribution in [0.1, 0.15) is 26.7 Å². The van der Waals surface area contributed by atoms with Crippen molar-refractivity contribution in [1.29, 1.82) is 0 Å². The molecule has 6 heteroatoms. The molecule has 6 nitrogen and oxygen atoms in total. The summed E-state index contributed by atoms with van der Waals surface area (Å²) in [5.74, 6) is 0.775. The maximum Gasteiger partial charge on any atom is 0.212 e. The van der Waals surface area contributed by atoms with Crippen molar-refractivity contribution in [3.05, 3.63) is 36.4 Å². The molecule has 0 fully saturated rings. The highest BCUT2D eigenvalue weighted by Gasteiger charge is 2.29. The van der Waals surface area contributed by atoms with E-state index in [1.165, 1.54) is 6.92 Å². The molecule has 1 aliphatic rings. The Bertz CT molecular complexity index is 613. The normalized spacial score (nSPS) is 22.8. The zero-order valence-electron chi connectivity index (χ0n) is 14.0. The number of carbonyl (C=O) groups is 1. The highest BCUT2D eigenvalue weighted by atomic mass is 16.5. The Morgan fingerprint density at radius 1 is 1.42 bits per heavy atom. The van der Waals surface area contributed by atoms with Crippen molar-refractivity contribution in [3.63, 3.8) is 0 Å². The van der Waals surface area contributed by atoms with Crippen molar-refractivity contribution in [2.24, 2.45) is 10.7 Å². The minimum absolute atomic E-state index is 0.0911. The maximum absolute atomic E-state index is 10.9. The van der Waals surface area contributed by atoms with Crippen LogP contribution in [0.15, 0.2) is 41.4 Å². The third-order valence-corrected chi connectivity index (χ3v) is 3.87. The van der Waals surface area contributed by atoms with E-state index in [2.05, 4.69) is 4.99 Å². The van der Waals surface area contributed by atoms with E-state index < -0.39 is 11.8 Å². The number of hydrogen-bond donors (Lipinski definition) is 2. The minimum atomic E-state index is -1.44. The number of hydrogen-bond acceptors (Lipinski definition) is 6. The summed E-state index contributed by atoms with van der Waals surface area (Å²) < 4.78 is 11.1. The van der Waals surface area contributed by atoms with Crippen LogP contribution >= 0.6 is 0 Å². The molecule has 0 spiro atoms. The quantitative estimate of drug-likeness (QED) is 0.532. The zero-order valence-corrected chi connectivity index (χ0v) is 14.0. The van der Waals surface area contributed by atoms with Gasteiger partial charge in [0.25, 0.3) is 0 Å². The van der Waals surface area contributed by atoms with Crippen LogP contribution in [0, 0.1) is 0 Å². The maximum atomic E-state index is 10.9. The van der Waals surface area contributed by atoms with Crippen LogP contribution in [0.25, 0.3) is 0 Å². The van der Waals surface area contributed by atoms with Gasteiger partial charge in [0.15, 0.2) is 17.8 Å². The lowest BCUT2D eigenvalue weighted by Gasteiger charge is -2.26. The van der Waals surface area contributed by atoms with Gasteiger partial charge < -0.3 is 14.6 Å². The standard InChI is InChI=1S/C18H24N2O4/c1-3-18(9-6-10-20-18)11-14(22)12-23-15-7-4-5-8-16(15)24-17(2,19)13-21/h4-10,13-14,22H,3,11-12,19H2,1-2H3. The Morgan fingerprint density at radius 3 is 2.71 bits per heavy atom. The number of rotatable bonds is 9. The van der Waals surface area contributed by atoms with Gasteiger partial charge in [-0.2, -0.15) is 0 Å². The van der Waals surface area contributed by atoms with Gasteiger partial charge in [-0.05, 0) is 31.6 Å². The number of aliphatic imine (C=N–C) groups is 1. The lowest BCUT2D eigenvalue weighted by molar-refractivity contribution is -0.119. The Kier molecular flexibility index (Phi) is 5.75. The van der Waals surface area contributed by atoms with Gasteiger partial charge in [0, 0.05) is 12.6 Å².